The molecule has 7 heteroatoms. The SMILES string of the molecule is CC(C)(C)OC(=O)N1[C@@H]2CC[C@H]1C[C@@H](Sc1c(Cl)ccc3nc(C(C)(C)C)oc13)C2. The number of aromatic nitrogens is 1. The van der Waals surface area contributed by atoms with Crippen LogP contribution in [0.3, 0.4) is 0 Å². The second-order valence-corrected chi connectivity index (χ2v) is 12.2. The van der Waals surface area contributed by atoms with Crippen LogP contribution in [0.25, 0.3) is 11.1 Å². The molecule has 164 valence electrons. The first-order chi connectivity index (χ1) is 13.9. The highest BCUT2D eigenvalue weighted by Gasteiger charge is 2.45. The second kappa shape index (κ2) is 7.63. The zero-order valence-corrected chi connectivity index (χ0v) is 20.2. The predicted molar refractivity (Wildman–Crippen MR) is 121 cm³/mol. The highest BCUT2D eigenvalue weighted by molar-refractivity contribution is 8.00. The van der Waals surface area contributed by atoms with Gasteiger partial charge in [-0.15, -0.1) is 11.8 Å². The highest BCUT2D eigenvalue weighted by Crippen LogP contribution is 2.46. The van der Waals surface area contributed by atoms with Crippen molar-refractivity contribution in [2.24, 2.45) is 0 Å². The van der Waals surface area contributed by atoms with Gasteiger partial charge in [0.1, 0.15) is 11.1 Å². The predicted octanol–water partition coefficient (Wildman–Crippen LogP) is 6.80. The first-order valence-corrected chi connectivity index (χ1v) is 12.0. The normalized spacial score (nSPS) is 24.5. The van der Waals surface area contributed by atoms with Crippen molar-refractivity contribution in [2.45, 2.75) is 100 Å². The Labute approximate surface area is 187 Å². The van der Waals surface area contributed by atoms with Gasteiger partial charge in [0.15, 0.2) is 5.58 Å². The molecule has 3 heterocycles. The number of hydrogen-bond acceptors (Lipinski definition) is 5. The molecule has 2 fully saturated rings. The summed E-state index contributed by atoms with van der Waals surface area (Å²) in [4.78, 5) is 20.3. The minimum Gasteiger partial charge on any atom is -0.444 e. The molecule has 5 nitrogen and oxygen atoms in total. The number of amides is 1. The third kappa shape index (κ3) is 4.31. The Morgan fingerprint density at radius 3 is 2.37 bits per heavy atom. The number of carbonyl (C=O) groups excluding carboxylic acids is 1. The number of fused-ring (bicyclic) bond motifs is 3. The third-order valence-electron chi connectivity index (χ3n) is 5.68. The lowest BCUT2D eigenvalue weighted by molar-refractivity contribution is 0.00842. The van der Waals surface area contributed by atoms with Crippen LogP contribution in [0.1, 0.15) is 73.1 Å². The van der Waals surface area contributed by atoms with Gasteiger partial charge >= 0.3 is 6.09 Å². The quantitative estimate of drug-likeness (QED) is 0.503. The summed E-state index contributed by atoms with van der Waals surface area (Å²) in [5, 5.41) is 1.08. The minimum absolute atomic E-state index is 0.161. The van der Waals surface area contributed by atoms with Crippen molar-refractivity contribution in [1.29, 1.82) is 0 Å². The Morgan fingerprint density at radius 1 is 1.17 bits per heavy atom. The molecule has 0 N–H and O–H groups in total. The van der Waals surface area contributed by atoms with Crippen LogP contribution in [0.15, 0.2) is 21.4 Å². The highest BCUT2D eigenvalue weighted by atomic mass is 35.5. The van der Waals surface area contributed by atoms with E-state index < -0.39 is 5.60 Å². The fraction of sp³-hybridized carbons (Fsp3) is 0.652. The van der Waals surface area contributed by atoms with Gasteiger partial charge in [-0.3, -0.25) is 0 Å². The number of piperidine rings is 1. The number of nitrogens with zero attached hydrogens (tertiary/aromatic N) is 2. The molecule has 2 aliphatic rings. The molecule has 1 amide bonds. The van der Waals surface area contributed by atoms with E-state index in [4.69, 9.17) is 20.8 Å². The zero-order chi connectivity index (χ0) is 21.8. The molecular formula is C23H31ClN2O3S. The van der Waals surface area contributed by atoms with Gasteiger partial charge in [0.25, 0.3) is 0 Å². The number of oxazole rings is 1. The Bertz CT molecular complexity index is 946. The maximum atomic E-state index is 12.7. The number of benzene rings is 1. The number of rotatable bonds is 2. The number of carbonyl (C=O) groups is 1. The monoisotopic (exact) mass is 450 g/mol. The van der Waals surface area contributed by atoms with Crippen LogP contribution in [0.4, 0.5) is 4.79 Å². The van der Waals surface area contributed by atoms with Crippen molar-refractivity contribution in [2.75, 3.05) is 0 Å². The van der Waals surface area contributed by atoms with E-state index in [2.05, 4.69) is 25.8 Å². The van der Waals surface area contributed by atoms with Crippen LogP contribution < -0.4 is 0 Å². The molecule has 0 unspecified atom stereocenters. The van der Waals surface area contributed by atoms with Gasteiger partial charge < -0.3 is 14.1 Å². The largest absolute Gasteiger partial charge is 0.444 e. The zero-order valence-electron chi connectivity index (χ0n) is 18.6. The molecule has 0 aliphatic carbocycles. The third-order valence-corrected chi connectivity index (χ3v) is 7.47. The lowest BCUT2D eigenvalue weighted by atomic mass is 9.97. The van der Waals surface area contributed by atoms with Crippen molar-refractivity contribution in [3.8, 4) is 0 Å². The summed E-state index contributed by atoms with van der Waals surface area (Å²) in [6.07, 6.45) is 3.77. The summed E-state index contributed by atoms with van der Waals surface area (Å²) in [6, 6.07) is 4.30. The summed E-state index contributed by atoms with van der Waals surface area (Å²) in [7, 11) is 0. The summed E-state index contributed by atoms with van der Waals surface area (Å²) >= 11 is 8.37. The molecule has 1 aromatic carbocycles. The molecule has 2 bridgehead atoms. The van der Waals surface area contributed by atoms with E-state index in [1.165, 1.54) is 0 Å². The summed E-state index contributed by atoms with van der Waals surface area (Å²) in [5.41, 5.74) is 0.994. The molecule has 2 aliphatic heterocycles. The van der Waals surface area contributed by atoms with Crippen LogP contribution in [0, 0.1) is 0 Å². The Hall–Kier alpha value is -1.40. The lowest BCUT2D eigenvalue weighted by Crippen LogP contribution is -2.49. The van der Waals surface area contributed by atoms with Crippen LogP contribution in [-0.4, -0.2) is 38.9 Å². The van der Waals surface area contributed by atoms with E-state index in [1.54, 1.807) is 11.8 Å². The molecule has 0 spiro atoms. The molecule has 1 aromatic heterocycles. The first kappa shape index (κ1) is 21.8. The average molecular weight is 451 g/mol. The molecule has 2 saturated heterocycles. The maximum absolute atomic E-state index is 12.7. The fourth-order valence-corrected chi connectivity index (χ4v) is 6.06. The van der Waals surface area contributed by atoms with Crippen molar-refractivity contribution >= 4 is 40.6 Å². The fourth-order valence-electron chi connectivity index (χ4n) is 4.38. The van der Waals surface area contributed by atoms with E-state index in [0.29, 0.717) is 10.3 Å². The Balaban J connectivity index is 1.54. The van der Waals surface area contributed by atoms with Crippen LogP contribution in [-0.2, 0) is 10.2 Å². The molecule has 4 rings (SSSR count). The smallest absolute Gasteiger partial charge is 0.410 e. The van der Waals surface area contributed by atoms with Gasteiger partial charge in [0.2, 0.25) is 5.89 Å². The standard InChI is InChI=1S/C23H31ClN2O3S/c1-22(2,3)20-25-17-10-9-16(24)19(18(17)28-20)30-15-11-13-7-8-14(12-15)26(13)21(27)29-23(4,5)6/h9-10,13-15H,7-8,11-12H2,1-6H3/t13-,14+,15+. The molecular weight excluding hydrogens is 420 g/mol. The van der Waals surface area contributed by atoms with Gasteiger partial charge in [-0.1, -0.05) is 32.4 Å². The van der Waals surface area contributed by atoms with Crippen LogP contribution in [0.5, 0.6) is 0 Å². The Morgan fingerprint density at radius 2 is 1.80 bits per heavy atom. The van der Waals surface area contributed by atoms with Gasteiger partial charge in [0.05, 0.1) is 9.92 Å². The molecule has 2 aromatic rings. The number of ether oxygens (including phenoxy) is 1. The number of hydrogen-bond donors (Lipinski definition) is 0. The summed E-state index contributed by atoms with van der Waals surface area (Å²) in [6.45, 7) is 12.0. The minimum atomic E-state index is -0.470. The van der Waals surface area contributed by atoms with Gasteiger partial charge in [-0.25, -0.2) is 9.78 Å². The van der Waals surface area contributed by atoms with E-state index in [0.717, 1.165) is 47.6 Å². The van der Waals surface area contributed by atoms with E-state index in [1.807, 2.05) is 37.8 Å². The van der Waals surface area contributed by atoms with Crippen LogP contribution in [0.2, 0.25) is 5.02 Å². The lowest BCUT2D eigenvalue weighted by Gasteiger charge is -2.39. The summed E-state index contributed by atoms with van der Waals surface area (Å²) in [5.74, 6) is 0.724. The van der Waals surface area contributed by atoms with E-state index in [-0.39, 0.29) is 23.6 Å². The topological polar surface area (TPSA) is 55.6 Å². The van der Waals surface area contributed by atoms with Gasteiger partial charge in [0, 0.05) is 22.7 Å². The van der Waals surface area contributed by atoms with Crippen molar-refractivity contribution in [3.05, 3.63) is 23.0 Å². The first-order valence-electron chi connectivity index (χ1n) is 10.7. The number of thioether (sulfide) groups is 1. The second-order valence-electron chi connectivity index (χ2n) is 10.5. The van der Waals surface area contributed by atoms with Crippen LogP contribution >= 0.6 is 23.4 Å². The summed E-state index contributed by atoms with van der Waals surface area (Å²) < 4.78 is 11.8. The van der Waals surface area contributed by atoms with Crippen molar-refractivity contribution in [3.63, 3.8) is 0 Å². The average Bonchev–Trinajstić information content (AvgIpc) is 3.15. The van der Waals surface area contributed by atoms with Crippen molar-refractivity contribution < 1.29 is 13.9 Å². The molecule has 0 saturated carbocycles. The van der Waals surface area contributed by atoms with E-state index >= 15 is 0 Å². The number of halogens is 1. The van der Waals surface area contributed by atoms with Gasteiger partial charge in [-0.05, 0) is 58.6 Å². The van der Waals surface area contributed by atoms with E-state index in [9.17, 15) is 4.79 Å². The Kier molecular flexibility index (Phi) is 5.55. The molecule has 0 radical (unpaired) electrons. The van der Waals surface area contributed by atoms with Gasteiger partial charge in [-0.2, -0.15) is 0 Å². The molecule has 3 atom stereocenters. The van der Waals surface area contributed by atoms with Crippen molar-refractivity contribution in [1.82, 2.24) is 9.88 Å². The molecule has 30 heavy (non-hydrogen) atoms. The maximum Gasteiger partial charge on any atom is 0.410 e.